The second-order valence-electron chi connectivity index (χ2n) is 6.31. The van der Waals surface area contributed by atoms with E-state index in [-0.39, 0.29) is 5.91 Å². The van der Waals surface area contributed by atoms with Crippen molar-refractivity contribution in [3.63, 3.8) is 0 Å². The molecule has 0 aromatic heterocycles. The van der Waals surface area contributed by atoms with Gasteiger partial charge in [-0.05, 0) is 60.3 Å². The van der Waals surface area contributed by atoms with Gasteiger partial charge in [0.2, 0.25) is 0 Å². The summed E-state index contributed by atoms with van der Waals surface area (Å²) in [4.78, 5) is 14.7. The smallest absolute Gasteiger partial charge is 0.255 e. The summed E-state index contributed by atoms with van der Waals surface area (Å²) in [5.41, 5.74) is 1.91. The Kier molecular flexibility index (Phi) is 5.82. The molecule has 1 heterocycles. The van der Waals surface area contributed by atoms with Gasteiger partial charge < -0.3 is 10.2 Å². The molecule has 1 aromatic carbocycles. The van der Waals surface area contributed by atoms with Crippen LogP contribution in [0.25, 0.3) is 0 Å². The van der Waals surface area contributed by atoms with Crippen LogP contribution in [0.5, 0.6) is 0 Å². The van der Waals surface area contributed by atoms with E-state index < -0.39 is 0 Å². The number of aryl methyl sites for hydroxylation is 1. The fourth-order valence-corrected chi connectivity index (χ4v) is 3.21. The maximum atomic E-state index is 12.7. The molecule has 1 N–H and O–H groups in total. The van der Waals surface area contributed by atoms with E-state index in [0.29, 0.717) is 12.0 Å². The number of carbonyl (C=O) groups excluding carboxylic acids is 1. The molecule has 116 valence electrons. The number of rotatable bonds is 4. The fourth-order valence-electron chi connectivity index (χ4n) is 2.79. The van der Waals surface area contributed by atoms with Crippen molar-refractivity contribution in [1.82, 2.24) is 10.2 Å². The first-order valence-electron chi connectivity index (χ1n) is 7.76. The van der Waals surface area contributed by atoms with Crippen molar-refractivity contribution in [3.8, 4) is 0 Å². The monoisotopic (exact) mass is 352 g/mol. The molecule has 1 unspecified atom stereocenters. The van der Waals surface area contributed by atoms with Gasteiger partial charge in [-0.3, -0.25) is 4.79 Å². The Morgan fingerprint density at radius 1 is 1.48 bits per heavy atom. The van der Waals surface area contributed by atoms with E-state index in [9.17, 15) is 4.79 Å². The van der Waals surface area contributed by atoms with Crippen LogP contribution in [-0.2, 0) is 0 Å². The van der Waals surface area contributed by atoms with Gasteiger partial charge in [0.05, 0.1) is 5.56 Å². The molecule has 1 amide bonds. The summed E-state index contributed by atoms with van der Waals surface area (Å²) in [7, 11) is 0. The minimum atomic E-state index is 0.153. The van der Waals surface area contributed by atoms with Crippen LogP contribution in [0.4, 0.5) is 0 Å². The van der Waals surface area contributed by atoms with Crippen LogP contribution in [0.1, 0.15) is 42.6 Å². The number of benzene rings is 1. The third kappa shape index (κ3) is 4.55. The maximum absolute atomic E-state index is 12.7. The number of likely N-dealkylation sites (tertiary alicyclic amines) is 1. The van der Waals surface area contributed by atoms with Crippen molar-refractivity contribution in [2.75, 3.05) is 19.6 Å². The second kappa shape index (κ2) is 7.41. The van der Waals surface area contributed by atoms with E-state index in [1.807, 2.05) is 30.0 Å². The van der Waals surface area contributed by atoms with Gasteiger partial charge in [-0.2, -0.15) is 0 Å². The Hall–Kier alpha value is -0.870. The van der Waals surface area contributed by atoms with Gasteiger partial charge in [0, 0.05) is 23.6 Å². The number of carbonyl (C=O) groups is 1. The SMILES string of the molecule is Cc1ccc(Br)c(C(=O)N2CCCC(CNC(C)C)C2)c1. The summed E-state index contributed by atoms with van der Waals surface area (Å²) >= 11 is 3.50. The van der Waals surface area contributed by atoms with E-state index in [2.05, 4.69) is 35.1 Å². The molecule has 0 aliphatic carbocycles. The van der Waals surface area contributed by atoms with Gasteiger partial charge in [0.25, 0.3) is 5.91 Å². The van der Waals surface area contributed by atoms with Crippen molar-refractivity contribution >= 4 is 21.8 Å². The lowest BCUT2D eigenvalue weighted by Crippen LogP contribution is -2.43. The van der Waals surface area contributed by atoms with E-state index in [4.69, 9.17) is 0 Å². The number of piperidine rings is 1. The van der Waals surface area contributed by atoms with Crippen LogP contribution in [0.2, 0.25) is 0 Å². The molecule has 0 radical (unpaired) electrons. The first kappa shape index (κ1) is 16.5. The van der Waals surface area contributed by atoms with Crippen LogP contribution >= 0.6 is 15.9 Å². The third-order valence-electron chi connectivity index (χ3n) is 3.97. The molecule has 21 heavy (non-hydrogen) atoms. The van der Waals surface area contributed by atoms with Crippen molar-refractivity contribution in [2.45, 2.75) is 39.7 Å². The molecule has 1 atom stereocenters. The highest BCUT2D eigenvalue weighted by atomic mass is 79.9. The highest BCUT2D eigenvalue weighted by Gasteiger charge is 2.25. The van der Waals surface area contributed by atoms with Crippen molar-refractivity contribution in [3.05, 3.63) is 33.8 Å². The first-order valence-corrected chi connectivity index (χ1v) is 8.55. The molecular weight excluding hydrogens is 328 g/mol. The number of nitrogens with zero attached hydrogens (tertiary/aromatic N) is 1. The van der Waals surface area contributed by atoms with Crippen LogP contribution in [0.3, 0.4) is 0 Å². The van der Waals surface area contributed by atoms with Crippen molar-refractivity contribution in [1.29, 1.82) is 0 Å². The van der Waals surface area contributed by atoms with Crippen LogP contribution in [-0.4, -0.2) is 36.5 Å². The molecule has 0 saturated carbocycles. The quantitative estimate of drug-likeness (QED) is 0.897. The average Bonchev–Trinajstić information content (AvgIpc) is 2.47. The summed E-state index contributed by atoms with van der Waals surface area (Å²) in [5.74, 6) is 0.716. The Bertz CT molecular complexity index is 502. The number of hydrogen-bond donors (Lipinski definition) is 1. The minimum absolute atomic E-state index is 0.153. The van der Waals surface area contributed by atoms with E-state index >= 15 is 0 Å². The Labute approximate surface area is 136 Å². The average molecular weight is 353 g/mol. The molecule has 1 aliphatic heterocycles. The lowest BCUT2D eigenvalue weighted by Gasteiger charge is -2.33. The normalized spacial score (nSPS) is 19.1. The standard InChI is InChI=1S/C17H25BrN2O/c1-12(2)19-10-14-5-4-8-20(11-14)17(21)15-9-13(3)6-7-16(15)18/h6-7,9,12,14,19H,4-5,8,10-11H2,1-3H3. The van der Waals surface area contributed by atoms with Crippen molar-refractivity contribution < 1.29 is 4.79 Å². The fraction of sp³-hybridized carbons (Fsp3) is 0.588. The molecule has 0 bridgehead atoms. The van der Waals surface area contributed by atoms with Crippen LogP contribution < -0.4 is 5.32 Å². The highest BCUT2D eigenvalue weighted by molar-refractivity contribution is 9.10. The molecule has 1 saturated heterocycles. The molecule has 0 spiro atoms. The largest absolute Gasteiger partial charge is 0.338 e. The summed E-state index contributed by atoms with van der Waals surface area (Å²) in [6.07, 6.45) is 2.30. The Morgan fingerprint density at radius 3 is 2.95 bits per heavy atom. The van der Waals surface area contributed by atoms with Gasteiger partial charge >= 0.3 is 0 Å². The Balaban J connectivity index is 2.03. The molecule has 1 aromatic rings. The highest BCUT2D eigenvalue weighted by Crippen LogP contribution is 2.23. The first-order chi connectivity index (χ1) is 9.97. The summed E-state index contributed by atoms with van der Waals surface area (Å²) in [6, 6.07) is 6.46. The number of halogens is 1. The number of amides is 1. The second-order valence-corrected chi connectivity index (χ2v) is 7.16. The molecular formula is C17H25BrN2O. The zero-order valence-electron chi connectivity index (χ0n) is 13.2. The van der Waals surface area contributed by atoms with Gasteiger partial charge in [0.15, 0.2) is 0 Å². The molecule has 2 rings (SSSR count). The zero-order chi connectivity index (χ0) is 15.4. The number of nitrogens with one attached hydrogen (secondary N) is 1. The van der Waals surface area contributed by atoms with Gasteiger partial charge in [0.1, 0.15) is 0 Å². The minimum Gasteiger partial charge on any atom is -0.338 e. The van der Waals surface area contributed by atoms with E-state index in [1.54, 1.807) is 0 Å². The Morgan fingerprint density at radius 2 is 2.24 bits per heavy atom. The molecule has 1 fully saturated rings. The molecule has 4 heteroatoms. The van der Waals surface area contributed by atoms with Crippen LogP contribution in [0, 0.1) is 12.8 Å². The van der Waals surface area contributed by atoms with Crippen molar-refractivity contribution in [2.24, 2.45) is 5.92 Å². The van der Waals surface area contributed by atoms with E-state index in [1.165, 1.54) is 6.42 Å². The third-order valence-corrected chi connectivity index (χ3v) is 4.66. The maximum Gasteiger partial charge on any atom is 0.255 e. The van der Waals surface area contributed by atoms with Gasteiger partial charge in [-0.1, -0.05) is 25.5 Å². The summed E-state index contributed by atoms with van der Waals surface area (Å²) < 4.78 is 0.889. The van der Waals surface area contributed by atoms with Crippen LogP contribution in [0.15, 0.2) is 22.7 Å². The lowest BCUT2D eigenvalue weighted by atomic mass is 9.97. The lowest BCUT2D eigenvalue weighted by molar-refractivity contribution is 0.0671. The molecule has 1 aliphatic rings. The van der Waals surface area contributed by atoms with Gasteiger partial charge in [-0.15, -0.1) is 0 Å². The summed E-state index contributed by atoms with van der Waals surface area (Å²) in [5, 5.41) is 3.49. The zero-order valence-corrected chi connectivity index (χ0v) is 14.7. The predicted octanol–water partition coefficient (Wildman–Crippen LogP) is 3.61. The van der Waals surface area contributed by atoms with E-state index in [0.717, 1.165) is 41.7 Å². The van der Waals surface area contributed by atoms with Gasteiger partial charge in [-0.25, -0.2) is 0 Å². The molecule has 3 nitrogen and oxygen atoms in total. The predicted molar refractivity (Wildman–Crippen MR) is 90.6 cm³/mol. The summed E-state index contributed by atoms with van der Waals surface area (Å²) in [6.45, 7) is 9.08. The topological polar surface area (TPSA) is 32.3 Å². The number of hydrogen-bond acceptors (Lipinski definition) is 2.